The molecule has 0 aliphatic carbocycles. The Morgan fingerprint density at radius 2 is 2.07 bits per heavy atom. The van der Waals surface area contributed by atoms with Crippen LogP contribution in [-0.4, -0.2) is 25.0 Å². The van der Waals surface area contributed by atoms with Crippen LogP contribution in [0.1, 0.15) is 11.6 Å². The van der Waals surface area contributed by atoms with Gasteiger partial charge in [0.1, 0.15) is 0 Å². The Kier molecular flexibility index (Phi) is 4.36. The number of likely N-dealkylation sites (N-methyl/N-ethyl adjacent to an activating group) is 1. The van der Waals surface area contributed by atoms with Crippen molar-refractivity contribution in [3.05, 3.63) is 48.6 Å². The van der Waals surface area contributed by atoms with Gasteiger partial charge in [-0.15, -0.1) is 6.58 Å². The molecule has 1 aromatic rings. The van der Waals surface area contributed by atoms with Gasteiger partial charge < -0.3 is 5.73 Å². The van der Waals surface area contributed by atoms with Crippen molar-refractivity contribution in [1.29, 1.82) is 0 Å². The third kappa shape index (κ3) is 2.69. The lowest BCUT2D eigenvalue weighted by atomic mass is 10.1. The predicted molar refractivity (Wildman–Crippen MR) is 61.1 cm³/mol. The number of nitrogens with two attached hydrogens (primary N) is 1. The molecule has 0 saturated heterocycles. The first kappa shape index (κ1) is 11.0. The molecule has 0 saturated carbocycles. The summed E-state index contributed by atoms with van der Waals surface area (Å²) in [7, 11) is 2.06. The molecule has 0 bridgehead atoms. The van der Waals surface area contributed by atoms with Gasteiger partial charge in [-0.2, -0.15) is 0 Å². The van der Waals surface area contributed by atoms with Crippen molar-refractivity contribution in [2.75, 3.05) is 20.1 Å². The van der Waals surface area contributed by atoms with E-state index in [0.717, 1.165) is 6.54 Å². The van der Waals surface area contributed by atoms with Crippen molar-refractivity contribution in [1.82, 2.24) is 4.90 Å². The fourth-order valence-corrected chi connectivity index (χ4v) is 1.58. The number of rotatable bonds is 5. The van der Waals surface area contributed by atoms with E-state index in [4.69, 9.17) is 5.73 Å². The highest BCUT2D eigenvalue weighted by molar-refractivity contribution is 5.19. The molecule has 0 aliphatic heterocycles. The van der Waals surface area contributed by atoms with Gasteiger partial charge in [0, 0.05) is 19.1 Å². The van der Waals surface area contributed by atoms with Crippen LogP contribution >= 0.6 is 0 Å². The summed E-state index contributed by atoms with van der Waals surface area (Å²) in [6, 6.07) is 10.6. The molecule has 2 N–H and O–H groups in total. The largest absolute Gasteiger partial charge is 0.329 e. The molecule has 0 heterocycles. The van der Waals surface area contributed by atoms with E-state index >= 15 is 0 Å². The van der Waals surface area contributed by atoms with Crippen LogP contribution in [0.5, 0.6) is 0 Å². The quantitative estimate of drug-likeness (QED) is 0.717. The summed E-state index contributed by atoms with van der Waals surface area (Å²) in [4.78, 5) is 2.20. The fraction of sp³-hybridized carbons (Fsp3) is 0.333. The summed E-state index contributed by atoms with van der Waals surface area (Å²) >= 11 is 0. The molecule has 0 aromatic heterocycles. The average molecular weight is 190 g/mol. The molecule has 0 spiro atoms. The molecule has 0 amide bonds. The second-order valence-electron chi connectivity index (χ2n) is 3.39. The van der Waals surface area contributed by atoms with Gasteiger partial charge in [0.2, 0.25) is 0 Å². The maximum absolute atomic E-state index is 5.76. The van der Waals surface area contributed by atoms with Crippen molar-refractivity contribution in [2.24, 2.45) is 5.73 Å². The number of hydrogen-bond donors (Lipinski definition) is 1. The van der Waals surface area contributed by atoms with Crippen molar-refractivity contribution in [3.63, 3.8) is 0 Å². The Morgan fingerprint density at radius 3 is 2.57 bits per heavy atom. The minimum Gasteiger partial charge on any atom is -0.329 e. The van der Waals surface area contributed by atoms with E-state index in [0.29, 0.717) is 6.54 Å². The molecular weight excluding hydrogens is 172 g/mol. The van der Waals surface area contributed by atoms with Crippen LogP contribution in [0.4, 0.5) is 0 Å². The molecule has 0 aliphatic rings. The fourth-order valence-electron chi connectivity index (χ4n) is 1.58. The lowest BCUT2D eigenvalue weighted by Crippen LogP contribution is -2.30. The van der Waals surface area contributed by atoms with Crippen LogP contribution in [0, 0.1) is 0 Å². The highest BCUT2D eigenvalue weighted by atomic mass is 15.1. The number of nitrogens with zero attached hydrogens (tertiary/aromatic N) is 1. The molecule has 14 heavy (non-hydrogen) atoms. The normalized spacial score (nSPS) is 12.8. The van der Waals surface area contributed by atoms with E-state index in [1.807, 2.05) is 24.3 Å². The third-order valence-electron chi connectivity index (χ3n) is 2.36. The van der Waals surface area contributed by atoms with Crippen molar-refractivity contribution in [3.8, 4) is 0 Å². The summed E-state index contributed by atoms with van der Waals surface area (Å²) in [5.41, 5.74) is 7.02. The maximum Gasteiger partial charge on any atom is 0.0470 e. The van der Waals surface area contributed by atoms with Crippen LogP contribution in [0.25, 0.3) is 0 Å². The lowest BCUT2D eigenvalue weighted by Gasteiger charge is -2.26. The smallest absolute Gasteiger partial charge is 0.0470 e. The zero-order valence-corrected chi connectivity index (χ0v) is 8.69. The van der Waals surface area contributed by atoms with Gasteiger partial charge in [-0.25, -0.2) is 0 Å². The molecule has 1 atom stereocenters. The topological polar surface area (TPSA) is 29.3 Å². The maximum atomic E-state index is 5.76. The minimum absolute atomic E-state index is 0.286. The third-order valence-corrected chi connectivity index (χ3v) is 2.36. The summed E-state index contributed by atoms with van der Waals surface area (Å²) in [6.07, 6.45) is 1.89. The zero-order chi connectivity index (χ0) is 10.4. The summed E-state index contributed by atoms with van der Waals surface area (Å²) < 4.78 is 0. The standard InChI is InChI=1S/C12H18N2/c1-3-9-14(2)12(10-13)11-7-5-4-6-8-11/h3-8,12H,1,9-10,13H2,2H3. The number of benzene rings is 1. The van der Waals surface area contributed by atoms with Gasteiger partial charge in [0.15, 0.2) is 0 Å². The van der Waals surface area contributed by atoms with Crippen LogP contribution in [0.3, 0.4) is 0 Å². The Morgan fingerprint density at radius 1 is 1.43 bits per heavy atom. The Labute approximate surface area is 86.0 Å². The Balaban J connectivity index is 2.76. The van der Waals surface area contributed by atoms with Crippen LogP contribution in [-0.2, 0) is 0 Å². The first-order chi connectivity index (χ1) is 6.79. The van der Waals surface area contributed by atoms with Crippen LogP contribution in [0.2, 0.25) is 0 Å². The van der Waals surface area contributed by atoms with E-state index < -0.39 is 0 Å². The van der Waals surface area contributed by atoms with Crippen molar-refractivity contribution < 1.29 is 0 Å². The van der Waals surface area contributed by atoms with Gasteiger partial charge in [-0.1, -0.05) is 36.4 Å². The second-order valence-corrected chi connectivity index (χ2v) is 3.39. The first-order valence-corrected chi connectivity index (χ1v) is 4.85. The molecule has 2 nitrogen and oxygen atoms in total. The Hall–Kier alpha value is -1.12. The van der Waals surface area contributed by atoms with Crippen LogP contribution < -0.4 is 5.73 Å². The molecule has 1 aromatic carbocycles. The molecule has 1 rings (SSSR count). The highest BCUT2D eigenvalue weighted by Crippen LogP contribution is 2.17. The minimum atomic E-state index is 0.286. The molecular formula is C12H18N2. The van der Waals surface area contributed by atoms with Gasteiger partial charge in [-0.3, -0.25) is 4.90 Å². The zero-order valence-electron chi connectivity index (χ0n) is 8.69. The number of hydrogen-bond acceptors (Lipinski definition) is 2. The van der Waals surface area contributed by atoms with E-state index in [1.54, 1.807) is 0 Å². The van der Waals surface area contributed by atoms with E-state index in [2.05, 4.69) is 30.7 Å². The van der Waals surface area contributed by atoms with Crippen molar-refractivity contribution in [2.45, 2.75) is 6.04 Å². The first-order valence-electron chi connectivity index (χ1n) is 4.85. The molecule has 1 unspecified atom stereocenters. The molecule has 76 valence electrons. The van der Waals surface area contributed by atoms with Gasteiger partial charge >= 0.3 is 0 Å². The van der Waals surface area contributed by atoms with Gasteiger partial charge in [0.05, 0.1) is 0 Å². The monoisotopic (exact) mass is 190 g/mol. The summed E-state index contributed by atoms with van der Waals surface area (Å²) in [6.45, 7) is 5.22. The van der Waals surface area contributed by atoms with E-state index in [-0.39, 0.29) is 6.04 Å². The average Bonchev–Trinajstić information content (AvgIpc) is 2.21. The van der Waals surface area contributed by atoms with Gasteiger partial charge in [0.25, 0.3) is 0 Å². The molecule has 0 fully saturated rings. The summed E-state index contributed by atoms with van der Waals surface area (Å²) in [5.74, 6) is 0. The van der Waals surface area contributed by atoms with Crippen LogP contribution in [0.15, 0.2) is 43.0 Å². The van der Waals surface area contributed by atoms with Crippen molar-refractivity contribution >= 4 is 0 Å². The Bertz CT molecular complexity index is 269. The van der Waals surface area contributed by atoms with E-state index in [9.17, 15) is 0 Å². The lowest BCUT2D eigenvalue weighted by molar-refractivity contribution is 0.277. The summed E-state index contributed by atoms with van der Waals surface area (Å²) in [5, 5.41) is 0. The predicted octanol–water partition coefficient (Wildman–Crippen LogP) is 1.80. The second kappa shape index (κ2) is 5.58. The highest BCUT2D eigenvalue weighted by Gasteiger charge is 2.12. The SMILES string of the molecule is C=CCN(C)C(CN)c1ccccc1. The van der Waals surface area contributed by atoms with Gasteiger partial charge in [-0.05, 0) is 12.6 Å². The molecule has 0 radical (unpaired) electrons. The van der Waals surface area contributed by atoms with E-state index in [1.165, 1.54) is 5.56 Å². The molecule has 2 heteroatoms.